The van der Waals surface area contributed by atoms with Crippen molar-refractivity contribution < 1.29 is 4.79 Å². The van der Waals surface area contributed by atoms with Crippen LogP contribution in [0.5, 0.6) is 0 Å². The highest BCUT2D eigenvalue weighted by atomic mass is 16.1. The number of aromatic nitrogens is 6. The fourth-order valence-corrected chi connectivity index (χ4v) is 4.26. The molecule has 0 spiro atoms. The number of hydrogen-bond donors (Lipinski definition) is 2. The van der Waals surface area contributed by atoms with E-state index in [4.69, 9.17) is 0 Å². The summed E-state index contributed by atoms with van der Waals surface area (Å²) in [6.07, 6.45) is 1.79. The Hall–Kier alpha value is -3.75. The summed E-state index contributed by atoms with van der Waals surface area (Å²) in [7, 11) is 0. The molecule has 4 aromatic rings. The Kier molecular flexibility index (Phi) is 5.30. The molecule has 32 heavy (non-hydrogen) atoms. The van der Waals surface area contributed by atoms with Crippen LogP contribution in [-0.4, -0.2) is 48.9 Å². The number of hydrogen-bond acceptors (Lipinski definition) is 6. The lowest BCUT2D eigenvalue weighted by Gasteiger charge is -2.32. The van der Waals surface area contributed by atoms with Gasteiger partial charge in [0.2, 0.25) is 5.91 Å². The minimum Gasteiger partial charge on any atom is -0.354 e. The molecule has 1 saturated heterocycles. The van der Waals surface area contributed by atoms with Crippen molar-refractivity contribution in [3.05, 3.63) is 59.7 Å². The van der Waals surface area contributed by atoms with Gasteiger partial charge in [0.25, 0.3) is 0 Å². The predicted octanol–water partition coefficient (Wildman–Crippen LogP) is 2.69. The van der Waals surface area contributed by atoms with Gasteiger partial charge in [0, 0.05) is 18.8 Å². The Balaban J connectivity index is 1.21. The topological polar surface area (TPSA) is 105 Å². The minimum atomic E-state index is -0.0920. The van der Waals surface area contributed by atoms with Gasteiger partial charge in [-0.05, 0) is 57.0 Å². The van der Waals surface area contributed by atoms with E-state index in [0.29, 0.717) is 18.9 Å². The van der Waals surface area contributed by atoms with Crippen LogP contribution in [0, 0.1) is 19.8 Å². The maximum absolute atomic E-state index is 12.8. The number of aryl methyl sites for hydroxylation is 2. The fraction of sp³-hybridized carbons (Fsp3) is 0.348. The second kappa shape index (κ2) is 8.41. The second-order valence-corrected chi connectivity index (χ2v) is 8.29. The minimum absolute atomic E-state index is 0.0439. The van der Waals surface area contributed by atoms with Crippen molar-refractivity contribution in [3.63, 3.8) is 0 Å². The van der Waals surface area contributed by atoms with E-state index in [1.165, 1.54) is 0 Å². The van der Waals surface area contributed by atoms with Crippen LogP contribution in [0.2, 0.25) is 0 Å². The normalized spacial score (nSPS) is 16.4. The first-order chi connectivity index (χ1) is 15.6. The van der Waals surface area contributed by atoms with Crippen molar-refractivity contribution in [3.8, 4) is 5.82 Å². The SMILES string of the molecule is Cc1cc(C)n(-c2ccc(N3CCC[C@H](C(=O)NCc4nc5ccccc5[nH]4)C3)nn2)n1. The maximum Gasteiger partial charge on any atom is 0.225 e. The van der Waals surface area contributed by atoms with Crippen molar-refractivity contribution in [2.75, 3.05) is 18.0 Å². The lowest BCUT2D eigenvalue weighted by Crippen LogP contribution is -2.43. The molecule has 164 valence electrons. The van der Waals surface area contributed by atoms with E-state index in [1.807, 2.05) is 56.3 Å². The average Bonchev–Trinajstić information content (AvgIpc) is 3.39. The average molecular weight is 431 g/mol. The molecule has 0 saturated carbocycles. The Morgan fingerprint density at radius 3 is 2.72 bits per heavy atom. The van der Waals surface area contributed by atoms with Gasteiger partial charge in [-0.2, -0.15) is 5.10 Å². The van der Waals surface area contributed by atoms with Crippen molar-refractivity contribution in [2.45, 2.75) is 33.2 Å². The molecule has 4 heterocycles. The molecule has 9 nitrogen and oxygen atoms in total. The first-order valence-electron chi connectivity index (χ1n) is 10.9. The number of fused-ring (bicyclic) bond motifs is 1. The highest BCUT2D eigenvalue weighted by Crippen LogP contribution is 2.22. The molecule has 1 fully saturated rings. The number of carbonyl (C=O) groups excluding carboxylic acids is 1. The number of imidazole rings is 1. The molecule has 0 radical (unpaired) electrons. The Morgan fingerprint density at radius 2 is 1.97 bits per heavy atom. The summed E-state index contributed by atoms with van der Waals surface area (Å²) in [6, 6.07) is 13.7. The van der Waals surface area contributed by atoms with Crippen molar-refractivity contribution in [2.24, 2.45) is 5.92 Å². The number of nitrogens with one attached hydrogen (secondary N) is 2. The number of rotatable bonds is 5. The zero-order valence-corrected chi connectivity index (χ0v) is 18.2. The molecule has 0 aliphatic carbocycles. The van der Waals surface area contributed by atoms with E-state index >= 15 is 0 Å². The molecule has 1 atom stereocenters. The molecule has 0 unspecified atom stereocenters. The molecule has 2 N–H and O–H groups in total. The smallest absolute Gasteiger partial charge is 0.225 e. The standard InChI is InChI=1S/C23H26N8O/c1-15-12-16(2)31(29-15)22-10-9-21(27-28-22)30-11-5-6-17(14-30)23(32)24-13-20-25-18-7-3-4-8-19(18)26-20/h3-4,7-10,12,17H,5-6,11,13-14H2,1-2H3,(H,24,32)(H,25,26)/t17-/m0/s1. The second-order valence-electron chi connectivity index (χ2n) is 8.29. The summed E-state index contributed by atoms with van der Waals surface area (Å²) in [6.45, 7) is 5.83. The van der Waals surface area contributed by atoms with Crippen LogP contribution in [0.1, 0.15) is 30.1 Å². The number of H-pyrrole nitrogens is 1. The van der Waals surface area contributed by atoms with Crippen LogP contribution in [0.4, 0.5) is 5.82 Å². The number of benzene rings is 1. The van der Waals surface area contributed by atoms with Crippen LogP contribution in [0.3, 0.4) is 0 Å². The number of amides is 1. The number of nitrogens with zero attached hydrogens (tertiary/aromatic N) is 6. The fourth-order valence-electron chi connectivity index (χ4n) is 4.26. The quantitative estimate of drug-likeness (QED) is 0.504. The van der Waals surface area contributed by atoms with Gasteiger partial charge in [-0.1, -0.05) is 12.1 Å². The largest absolute Gasteiger partial charge is 0.354 e. The summed E-state index contributed by atoms with van der Waals surface area (Å²) in [5.41, 5.74) is 3.84. The first-order valence-corrected chi connectivity index (χ1v) is 10.9. The highest BCUT2D eigenvalue weighted by Gasteiger charge is 2.27. The number of anilines is 1. The van der Waals surface area contributed by atoms with E-state index in [0.717, 1.165) is 53.4 Å². The molecule has 1 aliphatic rings. The van der Waals surface area contributed by atoms with E-state index < -0.39 is 0 Å². The Labute approximate surface area is 185 Å². The van der Waals surface area contributed by atoms with Gasteiger partial charge >= 0.3 is 0 Å². The maximum atomic E-state index is 12.8. The summed E-state index contributed by atoms with van der Waals surface area (Å²) < 4.78 is 1.79. The van der Waals surface area contributed by atoms with Gasteiger partial charge in [-0.25, -0.2) is 9.67 Å². The zero-order valence-electron chi connectivity index (χ0n) is 18.2. The molecular weight excluding hydrogens is 404 g/mol. The zero-order chi connectivity index (χ0) is 22.1. The third-order valence-corrected chi connectivity index (χ3v) is 5.85. The Morgan fingerprint density at radius 1 is 1.16 bits per heavy atom. The Bertz CT molecular complexity index is 1210. The number of para-hydroxylation sites is 2. The van der Waals surface area contributed by atoms with Crippen molar-refractivity contribution in [1.29, 1.82) is 0 Å². The van der Waals surface area contributed by atoms with Gasteiger partial charge in [0.15, 0.2) is 11.6 Å². The van der Waals surface area contributed by atoms with Crippen LogP contribution in [0.25, 0.3) is 16.9 Å². The third kappa shape index (κ3) is 4.05. The summed E-state index contributed by atoms with van der Waals surface area (Å²) in [5, 5.41) is 16.3. The molecule has 0 bridgehead atoms. The molecule has 1 amide bonds. The molecule has 1 aromatic carbocycles. The van der Waals surface area contributed by atoms with Gasteiger partial charge < -0.3 is 15.2 Å². The van der Waals surface area contributed by atoms with Crippen LogP contribution >= 0.6 is 0 Å². The van der Waals surface area contributed by atoms with Gasteiger partial charge in [-0.3, -0.25) is 4.79 Å². The molecule has 5 rings (SSSR count). The highest BCUT2D eigenvalue weighted by molar-refractivity contribution is 5.80. The summed E-state index contributed by atoms with van der Waals surface area (Å²) >= 11 is 0. The van der Waals surface area contributed by atoms with E-state index in [-0.39, 0.29) is 11.8 Å². The third-order valence-electron chi connectivity index (χ3n) is 5.85. The van der Waals surface area contributed by atoms with Gasteiger partial charge in [-0.15, -0.1) is 10.2 Å². The van der Waals surface area contributed by atoms with Crippen molar-refractivity contribution >= 4 is 22.8 Å². The molecule has 3 aromatic heterocycles. The molecular formula is C23H26N8O. The number of carbonyl (C=O) groups is 1. The lowest BCUT2D eigenvalue weighted by atomic mass is 9.97. The van der Waals surface area contributed by atoms with Crippen LogP contribution in [0.15, 0.2) is 42.5 Å². The monoisotopic (exact) mass is 430 g/mol. The van der Waals surface area contributed by atoms with Crippen LogP contribution in [-0.2, 0) is 11.3 Å². The molecule has 1 aliphatic heterocycles. The molecule has 9 heteroatoms. The number of aromatic amines is 1. The van der Waals surface area contributed by atoms with E-state index in [9.17, 15) is 4.79 Å². The van der Waals surface area contributed by atoms with E-state index in [1.54, 1.807) is 4.68 Å². The van der Waals surface area contributed by atoms with E-state index in [2.05, 4.69) is 35.5 Å². The van der Waals surface area contributed by atoms with Crippen molar-refractivity contribution in [1.82, 2.24) is 35.3 Å². The van der Waals surface area contributed by atoms with Gasteiger partial charge in [0.1, 0.15) is 5.82 Å². The van der Waals surface area contributed by atoms with Gasteiger partial charge in [0.05, 0.1) is 29.2 Å². The first kappa shape index (κ1) is 20.2. The predicted molar refractivity (Wildman–Crippen MR) is 122 cm³/mol. The summed E-state index contributed by atoms with van der Waals surface area (Å²) in [4.78, 5) is 22.7. The lowest BCUT2D eigenvalue weighted by molar-refractivity contribution is -0.125. The number of piperidine rings is 1. The van der Waals surface area contributed by atoms with Crippen LogP contribution < -0.4 is 10.2 Å². The summed E-state index contributed by atoms with van der Waals surface area (Å²) in [5.74, 6) is 2.19.